The lowest BCUT2D eigenvalue weighted by molar-refractivity contribution is -0.155. The average molecular weight is 651 g/mol. The predicted octanol–water partition coefficient (Wildman–Crippen LogP) is 5.74. The second-order valence-corrected chi connectivity index (χ2v) is 12.1. The second-order valence-electron chi connectivity index (χ2n) is 12.1. The average Bonchev–Trinajstić information content (AvgIpc) is 3.59. The van der Waals surface area contributed by atoms with E-state index in [4.69, 9.17) is 18.9 Å². The Morgan fingerprint density at radius 2 is 1.44 bits per heavy atom. The first-order valence-corrected chi connectivity index (χ1v) is 16.1. The zero-order chi connectivity index (χ0) is 33.6. The van der Waals surface area contributed by atoms with Gasteiger partial charge in [0.1, 0.15) is 5.75 Å². The maximum absolute atomic E-state index is 12.6. The number of carbonyl (C=O) groups excluding carboxylic acids is 6. The van der Waals surface area contributed by atoms with Gasteiger partial charge < -0.3 is 18.9 Å². The van der Waals surface area contributed by atoms with Crippen LogP contribution in [0.1, 0.15) is 87.8 Å². The Balaban J connectivity index is 0.928. The second kappa shape index (κ2) is 14.6. The normalized spacial score (nSPS) is 21.4. The molecule has 48 heavy (non-hydrogen) atoms. The molecule has 3 aromatic carbocycles. The molecule has 10 nitrogen and oxygen atoms in total. The van der Waals surface area contributed by atoms with Crippen molar-refractivity contribution in [2.45, 2.75) is 50.4 Å². The van der Waals surface area contributed by atoms with E-state index in [2.05, 4.69) is 0 Å². The number of fused-ring (bicyclic) bond motifs is 3. The highest BCUT2D eigenvalue weighted by molar-refractivity contribution is 6.06. The predicted molar refractivity (Wildman–Crippen MR) is 171 cm³/mol. The van der Waals surface area contributed by atoms with E-state index in [1.165, 1.54) is 6.08 Å². The summed E-state index contributed by atoms with van der Waals surface area (Å²) in [7, 11) is 0. The Bertz CT molecular complexity index is 1760. The summed E-state index contributed by atoms with van der Waals surface area (Å²) < 4.78 is 21.1. The summed E-state index contributed by atoms with van der Waals surface area (Å²) in [5.74, 6) is -5.05. The first kappa shape index (κ1) is 32.6. The maximum Gasteiger partial charge on any atom is 0.338 e. The van der Waals surface area contributed by atoms with Gasteiger partial charge in [0.05, 0.1) is 43.0 Å². The molecule has 0 N–H and O–H groups in total. The van der Waals surface area contributed by atoms with Crippen molar-refractivity contribution in [1.29, 1.82) is 0 Å². The Morgan fingerprint density at radius 3 is 2.17 bits per heavy atom. The third-order valence-corrected chi connectivity index (χ3v) is 9.02. The summed E-state index contributed by atoms with van der Waals surface area (Å²) in [6, 6.07) is 21.1. The quantitative estimate of drug-likeness (QED) is 0.0562. The van der Waals surface area contributed by atoms with Crippen LogP contribution in [0, 0.1) is 11.8 Å². The minimum atomic E-state index is -0.770. The smallest absolute Gasteiger partial charge is 0.338 e. The van der Waals surface area contributed by atoms with Crippen LogP contribution < -0.4 is 4.74 Å². The largest absolute Gasteiger partial charge is 0.494 e. The summed E-state index contributed by atoms with van der Waals surface area (Å²) in [5, 5.41) is 0. The maximum atomic E-state index is 12.6. The lowest BCUT2D eigenvalue weighted by Gasteiger charge is -2.33. The van der Waals surface area contributed by atoms with Gasteiger partial charge >= 0.3 is 29.8 Å². The molecule has 0 amide bonds. The Morgan fingerprint density at radius 1 is 0.708 bits per heavy atom. The van der Waals surface area contributed by atoms with Crippen molar-refractivity contribution in [3.8, 4) is 5.75 Å². The number of ether oxygens (including phenoxy) is 4. The van der Waals surface area contributed by atoms with Crippen LogP contribution in [0.5, 0.6) is 5.75 Å². The highest BCUT2D eigenvalue weighted by atomic mass is 16.6. The highest BCUT2D eigenvalue weighted by Gasteiger charge is 2.53. The molecule has 2 saturated heterocycles. The van der Waals surface area contributed by atoms with Crippen LogP contribution in [0.4, 0.5) is 0 Å². The molecule has 0 aromatic heterocycles. The number of ketones is 1. The molecule has 0 saturated carbocycles. The fourth-order valence-electron chi connectivity index (χ4n) is 6.54. The Kier molecular flexibility index (Phi) is 9.89. The molecule has 2 fully saturated rings. The number of rotatable bonds is 13. The van der Waals surface area contributed by atoms with Gasteiger partial charge in [-0.1, -0.05) is 54.6 Å². The number of hydrogen-bond acceptors (Lipinski definition) is 10. The molecule has 0 radical (unpaired) electrons. The summed E-state index contributed by atoms with van der Waals surface area (Å²) in [6.45, 7) is 0.705. The van der Waals surface area contributed by atoms with Crippen molar-refractivity contribution in [2.75, 3.05) is 13.2 Å². The van der Waals surface area contributed by atoms with Crippen molar-refractivity contribution in [2.24, 2.45) is 11.8 Å². The van der Waals surface area contributed by atoms with Gasteiger partial charge in [0.25, 0.3) is 0 Å². The van der Waals surface area contributed by atoms with Crippen LogP contribution in [0.3, 0.4) is 0 Å². The molecule has 1 aliphatic carbocycles. The van der Waals surface area contributed by atoms with E-state index in [0.717, 1.165) is 30.4 Å². The molecular weight excluding hydrogens is 616 g/mol. The number of hydrogen-bond donors (Lipinski definition) is 0. The van der Waals surface area contributed by atoms with Gasteiger partial charge in [-0.2, -0.15) is 0 Å². The minimum Gasteiger partial charge on any atom is -0.494 e. The van der Waals surface area contributed by atoms with Gasteiger partial charge in [0, 0.05) is 5.56 Å². The van der Waals surface area contributed by atoms with Gasteiger partial charge in [-0.3, -0.25) is 24.0 Å². The lowest BCUT2D eigenvalue weighted by atomic mass is 9.67. The fraction of sp³-hybridized carbons (Fsp3) is 0.316. The number of benzene rings is 3. The first-order chi connectivity index (χ1) is 23.3. The number of cyclic esters (lactones) is 4. The van der Waals surface area contributed by atoms with Crippen LogP contribution in [-0.4, -0.2) is 48.8 Å². The number of carbonyl (C=O) groups is 6. The van der Waals surface area contributed by atoms with Crippen LogP contribution in [0.2, 0.25) is 0 Å². The molecule has 0 bridgehead atoms. The summed E-state index contributed by atoms with van der Waals surface area (Å²) in [4.78, 5) is 73.8. The zero-order valence-electron chi connectivity index (χ0n) is 26.1. The Labute approximate surface area is 277 Å². The first-order valence-electron chi connectivity index (χ1n) is 16.1. The number of unbranched alkanes of at least 4 members (excludes halogenated alkanes) is 3. The summed E-state index contributed by atoms with van der Waals surface area (Å²) in [5.41, 5.74) is 3.15. The van der Waals surface area contributed by atoms with E-state index in [0.29, 0.717) is 35.5 Å². The number of esters is 5. The van der Waals surface area contributed by atoms with E-state index >= 15 is 0 Å². The third kappa shape index (κ3) is 7.27. The standard InChI is InChI=1S/C38H34O10/c39-32(24-8-4-3-5-9-24)17-12-23-10-13-25(14-11-23)35(41)46-19-7-2-1-6-18-45-26-15-16-27-28(30-22-33(40)47-36(30)42)21-31-34(29(27)20-26)38(44)48-37(31)43/h3-5,8-17,20,28,30-31,34H,1-2,6-7,18-19,21-22H2/b17-12+. The van der Waals surface area contributed by atoms with Crippen molar-refractivity contribution >= 4 is 41.7 Å². The summed E-state index contributed by atoms with van der Waals surface area (Å²) in [6.07, 6.45) is 6.49. The zero-order valence-corrected chi connectivity index (χ0v) is 26.1. The Hall–Kier alpha value is -5.38. The molecule has 2 heterocycles. The molecule has 4 unspecified atom stereocenters. The minimum absolute atomic E-state index is 0.0638. The fourth-order valence-corrected chi connectivity index (χ4v) is 6.54. The monoisotopic (exact) mass is 650 g/mol. The number of allylic oxidation sites excluding steroid dienone is 1. The van der Waals surface area contributed by atoms with Gasteiger partial charge in [-0.25, -0.2) is 4.79 Å². The van der Waals surface area contributed by atoms with Crippen LogP contribution in [0.25, 0.3) is 6.08 Å². The molecule has 3 aromatic rings. The molecule has 10 heteroatoms. The molecule has 246 valence electrons. The third-order valence-electron chi connectivity index (χ3n) is 9.02. The SMILES string of the molecule is O=C1CC(C2CC3C(=O)OC(=O)C3c3cc(OCCCCCCOC(=O)c4ccc(/C=C/C(=O)c5ccccc5)cc4)ccc32)C(=O)O1. The molecule has 2 aliphatic heterocycles. The molecule has 4 atom stereocenters. The lowest BCUT2D eigenvalue weighted by Crippen LogP contribution is -2.31. The topological polar surface area (TPSA) is 139 Å². The summed E-state index contributed by atoms with van der Waals surface area (Å²) >= 11 is 0. The van der Waals surface area contributed by atoms with Gasteiger partial charge in [0.15, 0.2) is 5.78 Å². The van der Waals surface area contributed by atoms with Gasteiger partial charge in [-0.05, 0) is 85.1 Å². The van der Waals surface area contributed by atoms with E-state index < -0.39 is 53.5 Å². The van der Waals surface area contributed by atoms with Crippen LogP contribution in [0.15, 0.2) is 78.9 Å². The van der Waals surface area contributed by atoms with Gasteiger partial charge in [-0.15, -0.1) is 0 Å². The highest BCUT2D eigenvalue weighted by Crippen LogP contribution is 2.51. The van der Waals surface area contributed by atoms with Crippen molar-refractivity contribution in [3.05, 3.63) is 107 Å². The molecule has 0 spiro atoms. The van der Waals surface area contributed by atoms with E-state index in [-0.39, 0.29) is 25.2 Å². The van der Waals surface area contributed by atoms with Crippen LogP contribution >= 0.6 is 0 Å². The van der Waals surface area contributed by atoms with Crippen molar-refractivity contribution in [1.82, 2.24) is 0 Å². The molecule has 6 rings (SSSR count). The van der Waals surface area contributed by atoms with Gasteiger partial charge in [0.2, 0.25) is 0 Å². The van der Waals surface area contributed by atoms with E-state index in [1.807, 2.05) is 18.2 Å². The molecule has 3 aliphatic rings. The van der Waals surface area contributed by atoms with E-state index in [9.17, 15) is 28.8 Å². The van der Waals surface area contributed by atoms with Crippen LogP contribution in [-0.2, 0) is 33.4 Å². The molecular formula is C38H34O10. The van der Waals surface area contributed by atoms with Crippen molar-refractivity contribution < 1.29 is 47.7 Å². The van der Waals surface area contributed by atoms with Crippen molar-refractivity contribution in [3.63, 3.8) is 0 Å². The van der Waals surface area contributed by atoms with E-state index in [1.54, 1.807) is 60.7 Å².